The van der Waals surface area contributed by atoms with Crippen molar-refractivity contribution in [1.82, 2.24) is 0 Å². The lowest BCUT2D eigenvalue weighted by Crippen LogP contribution is -2.39. The third kappa shape index (κ3) is 2.31. The molecule has 76 valence electrons. The summed E-state index contributed by atoms with van der Waals surface area (Å²) in [7, 11) is 0. The lowest BCUT2D eigenvalue weighted by Gasteiger charge is -2.38. The summed E-state index contributed by atoms with van der Waals surface area (Å²) in [5, 5.41) is 9.85. The second kappa shape index (κ2) is 4.23. The van der Waals surface area contributed by atoms with E-state index in [9.17, 15) is 9.90 Å². The van der Waals surface area contributed by atoms with E-state index in [0.717, 1.165) is 19.1 Å². The van der Waals surface area contributed by atoms with Crippen LogP contribution in [0.5, 0.6) is 0 Å². The van der Waals surface area contributed by atoms with E-state index in [1.165, 1.54) is 0 Å². The third-order valence-electron chi connectivity index (χ3n) is 3.20. The van der Waals surface area contributed by atoms with Gasteiger partial charge in [-0.2, -0.15) is 0 Å². The van der Waals surface area contributed by atoms with E-state index in [-0.39, 0.29) is 17.9 Å². The molecule has 2 heteroatoms. The standard InChI is InChI=1S/C11H20O2/c1-7(2)11-9(6-12)4-8(3)5-10(11)13/h6-11,13H,4-5H2,1-3H3. The first-order chi connectivity index (χ1) is 6.06. The fourth-order valence-corrected chi connectivity index (χ4v) is 2.66. The Morgan fingerprint density at radius 2 is 2.00 bits per heavy atom. The molecule has 1 saturated carbocycles. The Hall–Kier alpha value is -0.370. The van der Waals surface area contributed by atoms with Crippen LogP contribution in [0.2, 0.25) is 0 Å². The van der Waals surface area contributed by atoms with Crippen LogP contribution in [0.25, 0.3) is 0 Å². The highest BCUT2D eigenvalue weighted by atomic mass is 16.3. The second-order valence-electron chi connectivity index (χ2n) is 4.77. The minimum atomic E-state index is -0.279. The zero-order valence-corrected chi connectivity index (χ0v) is 8.73. The van der Waals surface area contributed by atoms with Gasteiger partial charge >= 0.3 is 0 Å². The number of aliphatic hydroxyl groups is 1. The average Bonchev–Trinajstić information content (AvgIpc) is 2.01. The molecule has 0 aromatic heterocycles. The van der Waals surface area contributed by atoms with Crippen molar-refractivity contribution in [3.05, 3.63) is 0 Å². The number of carbonyl (C=O) groups is 1. The van der Waals surface area contributed by atoms with E-state index in [1.54, 1.807) is 0 Å². The van der Waals surface area contributed by atoms with Gasteiger partial charge < -0.3 is 9.90 Å². The summed E-state index contributed by atoms with van der Waals surface area (Å²) in [6.07, 6.45) is 2.55. The van der Waals surface area contributed by atoms with Crippen LogP contribution in [0, 0.1) is 23.7 Å². The number of hydrogen-bond acceptors (Lipinski definition) is 2. The van der Waals surface area contributed by atoms with Gasteiger partial charge in [0.2, 0.25) is 0 Å². The summed E-state index contributed by atoms with van der Waals surface area (Å²) in [5.41, 5.74) is 0. The van der Waals surface area contributed by atoms with Crippen molar-refractivity contribution in [2.75, 3.05) is 0 Å². The molecule has 0 aromatic carbocycles. The summed E-state index contributed by atoms with van der Waals surface area (Å²) in [6, 6.07) is 0. The van der Waals surface area contributed by atoms with Crippen LogP contribution in [-0.4, -0.2) is 17.5 Å². The summed E-state index contributed by atoms with van der Waals surface area (Å²) in [5.74, 6) is 1.13. The van der Waals surface area contributed by atoms with Crippen LogP contribution in [-0.2, 0) is 4.79 Å². The third-order valence-corrected chi connectivity index (χ3v) is 3.20. The summed E-state index contributed by atoms with van der Waals surface area (Å²) in [6.45, 7) is 6.27. The van der Waals surface area contributed by atoms with E-state index in [4.69, 9.17) is 0 Å². The van der Waals surface area contributed by atoms with Gasteiger partial charge in [0.1, 0.15) is 6.29 Å². The molecular formula is C11H20O2. The Kier molecular flexibility index (Phi) is 3.48. The minimum absolute atomic E-state index is 0.0683. The first kappa shape index (κ1) is 10.7. The van der Waals surface area contributed by atoms with Crippen LogP contribution in [0.1, 0.15) is 33.6 Å². The maximum atomic E-state index is 10.9. The zero-order chi connectivity index (χ0) is 10.0. The summed E-state index contributed by atoms with van der Waals surface area (Å²) < 4.78 is 0. The van der Waals surface area contributed by atoms with Gasteiger partial charge in [0.05, 0.1) is 6.10 Å². The highest BCUT2D eigenvalue weighted by Gasteiger charge is 2.36. The Bertz CT molecular complexity index is 177. The van der Waals surface area contributed by atoms with Gasteiger partial charge in [0.15, 0.2) is 0 Å². The van der Waals surface area contributed by atoms with Crippen molar-refractivity contribution in [3.63, 3.8) is 0 Å². The maximum absolute atomic E-state index is 10.9. The molecule has 0 heterocycles. The molecule has 1 rings (SSSR count). The zero-order valence-electron chi connectivity index (χ0n) is 8.73. The number of hydrogen-bond donors (Lipinski definition) is 1. The van der Waals surface area contributed by atoms with E-state index >= 15 is 0 Å². The van der Waals surface area contributed by atoms with E-state index in [1.807, 2.05) is 0 Å². The number of aldehydes is 1. The number of carbonyl (C=O) groups excluding carboxylic acids is 1. The first-order valence-corrected chi connectivity index (χ1v) is 5.19. The van der Waals surface area contributed by atoms with Gasteiger partial charge in [-0.25, -0.2) is 0 Å². The van der Waals surface area contributed by atoms with Gasteiger partial charge in [0, 0.05) is 5.92 Å². The minimum Gasteiger partial charge on any atom is -0.393 e. The first-order valence-electron chi connectivity index (χ1n) is 5.19. The molecule has 1 aliphatic rings. The van der Waals surface area contributed by atoms with Gasteiger partial charge in [-0.3, -0.25) is 0 Å². The molecule has 0 aromatic rings. The van der Waals surface area contributed by atoms with Crippen LogP contribution >= 0.6 is 0 Å². The van der Waals surface area contributed by atoms with Crippen LogP contribution in [0.4, 0.5) is 0 Å². The van der Waals surface area contributed by atoms with Crippen molar-refractivity contribution in [2.24, 2.45) is 23.7 Å². The normalized spacial score (nSPS) is 40.7. The highest BCUT2D eigenvalue weighted by molar-refractivity contribution is 5.54. The van der Waals surface area contributed by atoms with Crippen LogP contribution < -0.4 is 0 Å². The van der Waals surface area contributed by atoms with E-state index in [0.29, 0.717) is 11.8 Å². The molecule has 0 radical (unpaired) electrons. The monoisotopic (exact) mass is 184 g/mol. The topological polar surface area (TPSA) is 37.3 Å². The molecule has 1 N–H and O–H groups in total. The maximum Gasteiger partial charge on any atom is 0.123 e. The van der Waals surface area contributed by atoms with Crippen molar-refractivity contribution in [2.45, 2.75) is 39.7 Å². The summed E-state index contributed by atoms with van der Waals surface area (Å²) in [4.78, 5) is 10.9. The van der Waals surface area contributed by atoms with E-state index in [2.05, 4.69) is 20.8 Å². The van der Waals surface area contributed by atoms with E-state index < -0.39 is 0 Å². The number of aliphatic hydroxyl groups excluding tert-OH is 1. The molecule has 0 amide bonds. The Balaban J connectivity index is 2.71. The molecular weight excluding hydrogens is 164 g/mol. The molecule has 13 heavy (non-hydrogen) atoms. The molecule has 2 nitrogen and oxygen atoms in total. The molecule has 1 aliphatic carbocycles. The van der Waals surface area contributed by atoms with Crippen molar-refractivity contribution in [1.29, 1.82) is 0 Å². The second-order valence-corrected chi connectivity index (χ2v) is 4.77. The molecule has 0 spiro atoms. The Morgan fingerprint density at radius 3 is 2.46 bits per heavy atom. The fourth-order valence-electron chi connectivity index (χ4n) is 2.66. The van der Waals surface area contributed by atoms with Crippen molar-refractivity contribution in [3.8, 4) is 0 Å². The van der Waals surface area contributed by atoms with Crippen LogP contribution in [0.15, 0.2) is 0 Å². The van der Waals surface area contributed by atoms with Gasteiger partial charge in [-0.1, -0.05) is 20.8 Å². The predicted octanol–water partition coefficient (Wildman–Crippen LogP) is 1.86. The summed E-state index contributed by atoms with van der Waals surface area (Å²) >= 11 is 0. The molecule has 1 fully saturated rings. The SMILES string of the molecule is CC1CC(O)C(C(C)C)C(C=O)C1. The largest absolute Gasteiger partial charge is 0.393 e. The van der Waals surface area contributed by atoms with Crippen molar-refractivity contribution < 1.29 is 9.90 Å². The lowest BCUT2D eigenvalue weighted by molar-refractivity contribution is -0.118. The predicted molar refractivity (Wildman–Crippen MR) is 52.3 cm³/mol. The molecule has 4 unspecified atom stereocenters. The molecule has 0 saturated heterocycles. The number of rotatable bonds is 2. The molecule has 4 atom stereocenters. The lowest BCUT2D eigenvalue weighted by atomic mass is 9.69. The fraction of sp³-hybridized carbons (Fsp3) is 0.909. The van der Waals surface area contributed by atoms with Crippen molar-refractivity contribution >= 4 is 6.29 Å². The Labute approximate surface area is 80.3 Å². The van der Waals surface area contributed by atoms with Gasteiger partial charge in [0.25, 0.3) is 0 Å². The smallest absolute Gasteiger partial charge is 0.123 e. The molecule has 0 aliphatic heterocycles. The highest BCUT2D eigenvalue weighted by Crippen LogP contribution is 2.36. The van der Waals surface area contributed by atoms with Gasteiger partial charge in [-0.05, 0) is 30.6 Å². The van der Waals surface area contributed by atoms with Gasteiger partial charge in [-0.15, -0.1) is 0 Å². The average molecular weight is 184 g/mol. The van der Waals surface area contributed by atoms with Crippen LogP contribution in [0.3, 0.4) is 0 Å². The Morgan fingerprint density at radius 1 is 1.38 bits per heavy atom. The quantitative estimate of drug-likeness (QED) is 0.665. The molecule has 0 bridgehead atoms.